The molecule has 3 rings (SSSR count). The molecule has 1 saturated heterocycles. The molecule has 4 amide bonds. The fourth-order valence-electron chi connectivity index (χ4n) is 3.28. The fraction of sp³-hybridized carbons (Fsp3) is 0.444. The van der Waals surface area contributed by atoms with Gasteiger partial charge in [-0.3, -0.25) is 24.1 Å². The lowest BCUT2D eigenvalue weighted by atomic mass is 10.1. The first kappa shape index (κ1) is 18.6. The molecule has 0 bridgehead atoms. The molecule has 2 aliphatic heterocycles. The maximum atomic E-state index is 12.4. The van der Waals surface area contributed by atoms with Crippen LogP contribution in [0.15, 0.2) is 22.7 Å². The number of amides is 4. The van der Waals surface area contributed by atoms with E-state index >= 15 is 0 Å². The first-order valence-corrected chi connectivity index (χ1v) is 9.37. The van der Waals surface area contributed by atoms with Crippen molar-refractivity contribution in [2.45, 2.75) is 19.8 Å². The Labute approximate surface area is 160 Å². The van der Waals surface area contributed by atoms with E-state index in [0.29, 0.717) is 43.7 Å². The number of carbonyl (C=O) groups is 4. The van der Waals surface area contributed by atoms with Gasteiger partial charge in [0.25, 0.3) is 11.8 Å². The summed E-state index contributed by atoms with van der Waals surface area (Å²) in [5, 5.41) is 0. The van der Waals surface area contributed by atoms with Crippen molar-refractivity contribution in [1.29, 1.82) is 0 Å². The highest BCUT2D eigenvalue weighted by Gasteiger charge is 2.35. The molecule has 1 aromatic carbocycles. The molecule has 2 heterocycles. The van der Waals surface area contributed by atoms with Gasteiger partial charge in [-0.1, -0.05) is 15.9 Å². The number of carbonyl (C=O) groups excluding carboxylic acids is 4. The minimum absolute atomic E-state index is 0.00689. The minimum Gasteiger partial charge on any atom is -0.339 e. The van der Waals surface area contributed by atoms with Gasteiger partial charge in [0, 0.05) is 50.5 Å². The van der Waals surface area contributed by atoms with Gasteiger partial charge < -0.3 is 9.80 Å². The van der Waals surface area contributed by atoms with Crippen LogP contribution in [0.4, 0.5) is 0 Å². The van der Waals surface area contributed by atoms with E-state index in [4.69, 9.17) is 0 Å². The van der Waals surface area contributed by atoms with Crippen LogP contribution in [0.5, 0.6) is 0 Å². The van der Waals surface area contributed by atoms with Gasteiger partial charge >= 0.3 is 0 Å². The van der Waals surface area contributed by atoms with Crippen molar-refractivity contribution in [2.24, 2.45) is 0 Å². The maximum Gasteiger partial charge on any atom is 0.261 e. The van der Waals surface area contributed by atoms with E-state index in [9.17, 15) is 19.2 Å². The predicted molar refractivity (Wildman–Crippen MR) is 97.6 cm³/mol. The molecule has 138 valence electrons. The molecule has 0 radical (unpaired) electrons. The number of hydrogen-bond donors (Lipinski definition) is 0. The maximum absolute atomic E-state index is 12.4. The highest BCUT2D eigenvalue weighted by molar-refractivity contribution is 9.10. The SMILES string of the molecule is CC(=O)N1CCN(C(=O)CCCN2C(=O)c3ccc(Br)cc3C2=O)CC1. The summed E-state index contributed by atoms with van der Waals surface area (Å²) in [4.78, 5) is 53.0. The van der Waals surface area contributed by atoms with E-state index in [-0.39, 0.29) is 36.6 Å². The summed E-state index contributed by atoms with van der Waals surface area (Å²) in [6.07, 6.45) is 0.704. The highest BCUT2D eigenvalue weighted by Crippen LogP contribution is 2.26. The second-order valence-corrected chi connectivity index (χ2v) is 7.36. The average Bonchev–Trinajstić information content (AvgIpc) is 2.86. The van der Waals surface area contributed by atoms with Gasteiger partial charge in [0.15, 0.2) is 0 Å². The zero-order valence-electron chi connectivity index (χ0n) is 14.5. The van der Waals surface area contributed by atoms with E-state index in [1.807, 2.05) is 0 Å². The monoisotopic (exact) mass is 421 g/mol. The summed E-state index contributed by atoms with van der Waals surface area (Å²) in [5.41, 5.74) is 0.806. The largest absolute Gasteiger partial charge is 0.339 e. The highest BCUT2D eigenvalue weighted by atomic mass is 79.9. The number of halogens is 1. The van der Waals surface area contributed by atoms with E-state index in [1.165, 1.54) is 11.8 Å². The van der Waals surface area contributed by atoms with Gasteiger partial charge in [-0.15, -0.1) is 0 Å². The van der Waals surface area contributed by atoms with Gasteiger partial charge in [0.2, 0.25) is 11.8 Å². The van der Waals surface area contributed by atoms with Gasteiger partial charge in [0.1, 0.15) is 0 Å². The summed E-state index contributed by atoms with van der Waals surface area (Å²) in [7, 11) is 0. The summed E-state index contributed by atoms with van der Waals surface area (Å²) in [6.45, 7) is 3.91. The zero-order valence-corrected chi connectivity index (χ0v) is 16.1. The molecule has 0 aromatic heterocycles. The van der Waals surface area contributed by atoms with Gasteiger partial charge in [0.05, 0.1) is 11.1 Å². The van der Waals surface area contributed by atoms with E-state index < -0.39 is 0 Å². The van der Waals surface area contributed by atoms with Crippen LogP contribution in [0.2, 0.25) is 0 Å². The quantitative estimate of drug-likeness (QED) is 0.690. The van der Waals surface area contributed by atoms with Crippen LogP contribution in [-0.2, 0) is 9.59 Å². The lowest BCUT2D eigenvalue weighted by Gasteiger charge is -2.34. The molecule has 8 heteroatoms. The number of fused-ring (bicyclic) bond motifs is 1. The molecule has 0 aliphatic carbocycles. The standard InChI is InChI=1S/C18H20BrN3O4/c1-12(23)20-7-9-21(10-8-20)16(24)3-2-6-22-17(25)14-5-4-13(19)11-15(14)18(22)26/h4-5,11H,2-3,6-10H2,1H3. The topological polar surface area (TPSA) is 78.0 Å². The molecule has 2 aliphatic rings. The Morgan fingerprint density at radius 3 is 2.27 bits per heavy atom. The molecule has 0 spiro atoms. The van der Waals surface area contributed by atoms with Crippen molar-refractivity contribution in [1.82, 2.24) is 14.7 Å². The lowest BCUT2D eigenvalue weighted by molar-refractivity contribution is -0.138. The van der Waals surface area contributed by atoms with Gasteiger partial charge in [-0.05, 0) is 24.6 Å². The minimum atomic E-state index is -0.311. The van der Waals surface area contributed by atoms with Crippen LogP contribution in [0, 0.1) is 0 Å². The first-order chi connectivity index (χ1) is 12.4. The van der Waals surface area contributed by atoms with Crippen molar-refractivity contribution >= 4 is 39.6 Å². The van der Waals surface area contributed by atoms with Gasteiger partial charge in [-0.2, -0.15) is 0 Å². The smallest absolute Gasteiger partial charge is 0.261 e. The fourth-order valence-corrected chi connectivity index (χ4v) is 3.64. The van der Waals surface area contributed by atoms with Crippen molar-refractivity contribution in [3.63, 3.8) is 0 Å². The Morgan fingerprint density at radius 1 is 1.00 bits per heavy atom. The zero-order chi connectivity index (χ0) is 18.8. The molecular formula is C18H20BrN3O4. The Kier molecular flexibility index (Phi) is 5.41. The van der Waals surface area contributed by atoms with Crippen LogP contribution >= 0.6 is 15.9 Å². The van der Waals surface area contributed by atoms with Crippen LogP contribution in [0.3, 0.4) is 0 Å². The third-order valence-electron chi connectivity index (χ3n) is 4.78. The molecular weight excluding hydrogens is 402 g/mol. The van der Waals surface area contributed by atoms with Crippen molar-refractivity contribution in [3.8, 4) is 0 Å². The lowest BCUT2D eigenvalue weighted by Crippen LogP contribution is -2.50. The van der Waals surface area contributed by atoms with Crippen LogP contribution in [0.25, 0.3) is 0 Å². The summed E-state index contributed by atoms with van der Waals surface area (Å²) < 4.78 is 0.749. The Balaban J connectivity index is 1.50. The summed E-state index contributed by atoms with van der Waals surface area (Å²) in [5.74, 6) is -0.601. The molecule has 0 saturated carbocycles. The third kappa shape index (κ3) is 3.65. The van der Waals surface area contributed by atoms with E-state index in [1.54, 1.807) is 28.0 Å². The normalized spacial score (nSPS) is 16.9. The number of nitrogens with zero attached hydrogens (tertiary/aromatic N) is 3. The molecule has 1 aromatic rings. The van der Waals surface area contributed by atoms with E-state index in [0.717, 1.165) is 4.47 Å². The number of piperazine rings is 1. The second kappa shape index (κ2) is 7.57. The average molecular weight is 422 g/mol. The van der Waals surface area contributed by atoms with E-state index in [2.05, 4.69) is 15.9 Å². The molecule has 0 N–H and O–H groups in total. The number of benzene rings is 1. The third-order valence-corrected chi connectivity index (χ3v) is 5.28. The Morgan fingerprint density at radius 2 is 1.62 bits per heavy atom. The second-order valence-electron chi connectivity index (χ2n) is 6.44. The first-order valence-electron chi connectivity index (χ1n) is 8.57. The number of imide groups is 1. The van der Waals surface area contributed by atoms with Crippen molar-refractivity contribution in [2.75, 3.05) is 32.7 Å². The van der Waals surface area contributed by atoms with Crippen LogP contribution < -0.4 is 0 Å². The summed E-state index contributed by atoms with van der Waals surface area (Å²) in [6, 6.07) is 5.02. The molecule has 26 heavy (non-hydrogen) atoms. The van der Waals surface area contributed by atoms with Gasteiger partial charge in [-0.25, -0.2) is 0 Å². The molecule has 7 nitrogen and oxygen atoms in total. The summed E-state index contributed by atoms with van der Waals surface area (Å²) >= 11 is 3.30. The molecule has 1 fully saturated rings. The van der Waals surface area contributed by atoms with Crippen LogP contribution in [0.1, 0.15) is 40.5 Å². The predicted octanol–water partition coefficient (Wildman–Crippen LogP) is 1.52. The Bertz CT molecular complexity index is 772. The van der Waals surface area contributed by atoms with Crippen LogP contribution in [-0.4, -0.2) is 71.1 Å². The molecule has 0 atom stereocenters. The number of rotatable bonds is 4. The Hall–Kier alpha value is -2.22. The molecule has 0 unspecified atom stereocenters. The van der Waals surface area contributed by atoms with Crippen molar-refractivity contribution in [3.05, 3.63) is 33.8 Å². The number of hydrogen-bond acceptors (Lipinski definition) is 4. The van der Waals surface area contributed by atoms with Crippen molar-refractivity contribution < 1.29 is 19.2 Å².